The maximum Gasteiger partial charge on any atom is 0.237 e. The summed E-state index contributed by atoms with van der Waals surface area (Å²) >= 11 is 0. The number of rotatable bonds is 4. The monoisotopic (exact) mass is 275 g/mol. The van der Waals surface area contributed by atoms with Crippen molar-refractivity contribution < 1.29 is 14.4 Å². The second kappa shape index (κ2) is 6.70. The van der Waals surface area contributed by atoms with Crippen LogP contribution in [0.15, 0.2) is 0 Å². The summed E-state index contributed by atoms with van der Waals surface area (Å²) in [5, 5.41) is 5.84. The molecule has 102 valence electrons. The molecule has 0 aromatic carbocycles. The van der Waals surface area contributed by atoms with Crippen molar-refractivity contribution in [2.24, 2.45) is 0 Å². The van der Waals surface area contributed by atoms with Crippen molar-refractivity contribution in [1.29, 1.82) is 0 Å². The van der Waals surface area contributed by atoms with Crippen molar-refractivity contribution in [2.75, 3.05) is 19.6 Å². The second-order valence-corrected chi connectivity index (χ2v) is 4.38. The Morgan fingerprint density at radius 1 is 1.33 bits per heavy atom. The standard InChI is InChI=1S/C11H17N3O3.ClH/c15-9-3-4-10(16)14(9)7-6-13-11(17)8-2-1-5-12-8;/h8,12H,1-7H2,(H,13,17);1H. The van der Waals surface area contributed by atoms with Gasteiger partial charge < -0.3 is 10.6 Å². The lowest BCUT2D eigenvalue weighted by molar-refractivity contribution is -0.138. The van der Waals surface area contributed by atoms with Crippen LogP contribution in [0.1, 0.15) is 25.7 Å². The summed E-state index contributed by atoms with van der Waals surface area (Å²) in [4.78, 5) is 35.4. The summed E-state index contributed by atoms with van der Waals surface area (Å²) in [7, 11) is 0. The van der Waals surface area contributed by atoms with E-state index >= 15 is 0 Å². The smallest absolute Gasteiger partial charge is 0.237 e. The van der Waals surface area contributed by atoms with E-state index in [2.05, 4.69) is 10.6 Å². The summed E-state index contributed by atoms with van der Waals surface area (Å²) in [5.41, 5.74) is 0. The van der Waals surface area contributed by atoms with E-state index in [0.717, 1.165) is 19.4 Å². The molecule has 0 aromatic rings. The van der Waals surface area contributed by atoms with Crippen molar-refractivity contribution in [3.8, 4) is 0 Å². The average Bonchev–Trinajstić information content (AvgIpc) is 2.93. The lowest BCUT2D eigenvalue weighted by atomic mass is 10.2. The molecule has 2 N–H and O–H groups in total. The van der Waals surface area contributed by atoms with Gasteiger partial charge in [-0.3, -0.25) is 19.3 Å². The summed E-state index contributed by atoms with van der Waals surface area (Å²) in [6.45, 7) is 1.51. The SMILES string of the molecule is Cl.O=C(NCCN1C(=O)CCC1=O)C1CCCN1. The normalized spacial score (nSPS) is 23.1. The van der Waals surface area contributed by atoms with Crippen LogP contribution >= 0.6 is 12.4 Å². The predicted octanol–water partition coefficient (Wildman–Crippen LogP) is -0.575. The van der Waals surface area contributed by atoms with Gasteiger partial charge in [-0.25, -0.2) is 0 Å². The Morgan fingerprint density at radius 2 is 2.00 bits per heavy atom. The quantitative estimate of drug-likeness (QED) is 0.673. The molecule has 0 spiro atoms. The van der Waals surface area contributed by atoms with Gasteiger partial charge in [-0.1, -0.05) is 0 Å². The van der Waals surface area contributed by atoms with Crippen molar-refractivity contribution in [2.45, 2.75) is 31.7 Å². The molecule has 0 saturated carbocycles. The molecule has 2 aliphatic heterocycles. The molecule has 0 bridgehead atoms. The first-order chi connectivity index (χ1) is 8.18. The maximum absolute atomic E-state index is 11.6. The number of amides is 3. The Morgan fingerprint density at radius 3 is 2.56 bits per heavy atom. The van der Waals surface area contributed by atoms with Gasteiger partial charge in [-0.15, -0.1) is 12.4 Å². The molecule has 2 rings (SSSR count). The molecule has 0 radical (unpaired) electrons. The number of carbonyl (C=O) groups is 3. The Hall–Kier alpha value is -1.14. The van der Waals surface area contributed by atoms with Gasteiger partial charge in [0.2, 0.25) is 17.7 Å². The van der Waals surface area contributed by atoms with Gasteiger partial charge in [0, 0.05) is 25.9 Å². The molecule has 0 aromatic heterocycles. The molecule has 0 aliphatic carbocycles. The van der Waals surface area contributed by atoms with Crippen molar-refractivity contribution >= 4 is 30.1 Å². The number of nitrogens with one attached hydrogen (secondary N) is 2. The van der Waals surface area contributed by atoms with E-state index in [9.17, 15) is 14.4 Å². The maximum atomic E-state index is 11.6. The first kappa shape index (κ1) is 14.9. The molecule has 2 aliphatic rings. The molecule has 2 heterocycles. The van der Waals surface area contributed by atoms with Gasteiger partial charge in [-0.05, 0) is 19.4 Å². The summed E-state index contributed by atoms with van der Waals surface area (Å²) in [5.74, 6) is -0.312. The predicted molar refractivity (Wildman–Crippen MR) is 67.2 cm³/mol. The number of likely N-dealkylation sites (tertiary alicyclic amines) is 1. The molecule has 1 unspecified atom stereocenters. The van der Waals surface area contributed by atoms with Crippen LogP contribution in [0.25, 0.3) is 0 Å². The lowest BCUT2D eigenvalue weighted by Gasteiger charge is -2.15. The summed E-state index contributed by atoms with van der Waals surface area (Å²) < 4.78 is 0. The summed E-state index contributed by atoms with van der Waals surface area (Å²) in [6, 6.07) is -0.111. The van der Waals surface area contributed by atoms with Crippen LogP contribution < -0.4 is 10.6 Å². The third kappa shape index (κ3) is 3.43. The Kier molecular flexibility index (Phi) is 5.55. The van der Waals surface area contributed by atoms with Gasteiger partial charge in [0.1, 0.15) is 0 Å². The molecule has 2 saturated heterocycles. The van der Waals surface area contributed by atoms with E-state index in [1.807, 2.05) is 0 Å². The van der Waals surface area contributed by atoms with Gasteiger partial charge in [0.05, 0.1) is 6.04 Å². The van der Waals surface area contributed by atoms with Gasteiger partial charge in [0.15, 0.2) is 0 Å². The highest BCUT2D eigenvalue weighted by molar-refractivity contribution is 6.01. The zero-order valence-electron chi connectivity index (χ0n) is 10.1. The largest absolute Gasteiger partial charge is 0.353 e. The number of hydrogen-bond donors (Lipinski definition) is 2. The van der Waals surface area contributed by atoms with Crippen LogP contribution in [0.3, 0.4) is 0 Å². The Labute approximate surface area is 112 Å². The first-order valence-corrected chi connectivity index (χ1v) is 6.03. The van der Waals surface area contributed by atoms with E-state index < -0.39 is 0 Å². The fraction of sp³-hybridized carbons (Fsp3) is 0.727. The second-order valence-electron chi connectivity index (χ2n) is 4.38. The minimum atomic E-state index is -0.136. The van der Waals surface area contributed by atoms with Crippen LogP contribution in [0.5, 0.6) is 0 Å². The Bertz CT molecular complexity index is 326. The molecule has 3 amide bonds. The number of halogens is 1. The summed E-state index contributed by atoms with van der Waals surface area (Å²) in [6.07, 6.45) is 2.47. The van der Waals surface area contributed by atoms with E-state index in [0.29, 0.717) is 19.4 Å². The molecular formula is C11H18ClN3O3. The topological polar surface area (TPSA) is 78.5 Å². The number of imide groups is 1. The average molecular weight is 276 g/mol. The number of hydrogen-bond acceptors (Lipinski definition) is 4. The Balaban J connectivity index is 0.00000162. The highest BCUT2D eigenvalue weighted by atomic mass is 35.5. The van der Waals surface area contributed by atoms with Crippen molar-refractivity contribution in [3.63, 3.8) is 0 Å². The van der Waals surface area contributed by atoms with Crippen LogP contribution in [0.2, 0.25) is 0 Å². The lowest BCUT2D eigenvalue weighted by Crippen LogP contribution is -2.44. The third-order valence-corrected chi connectivity index (χ3v) is 3.17. The van der Waals surface area contributed by atoms with Crippen molar-refractivity contribution in [1.82, 2.24) is 15.5 Å². The molecule has 2 fully saturated rings. The van der Waals surface area contributed by atoms with Crippen LogP contribution in [0.4, 0.5) is 0 Å². The highest BCUT2D eigenvalue weighted by Gasteiger charge is 2.28. The van der Waals surface area contributed by atoms with E-state index in [1.165, 1.54) is 4.90 Å². The van der Waals surface area contributed by atoms with Gasteiger partial charge in [0.25, 0.3) is 0 Å². The van der Waals surface area contributed by atoms with Crippen LogP contribution in [0, 0.1) is 0 Å². The molecular weight excluding hydrogens is 258 g/mol. The van der Waals surface area contributed by atoms with Gasteiger partial charge in [-0.2, -0.15) is 0 Å². The zero-order valence-corrected chi connectivity index (χ0v) is 10.9. The van der Waals surface area contributed by atoms with Gasteiger partial charge >= 0.3 is 0 Å². The minimum Gasteiger partial charge on any atom is -0.353 e. The molecule has 7 heteroatoms. The minimum absolute atomic E-state index is 0. The highest BCUT2D eigenvalue weighted by Crippen LogP contribution is 2.10. The third-order valence-electron chi connectivity index (χ3n) is 3.17. The fourth-order valence-corrected chi connectivity index (χ4v) is 2.19. The van der Waals surface area contributed by atoms with Crippen molar-refractivity contribution in [3.05, 3.63) is 0 Å². The molecule has 1 atom stereocenters. The zero-order chi connectivity index (χ0) is 12.3. The van der Waals surface area contributed by atoms with Crippen LogP contribution in [-0.2, 0) is 14.4 Å². The number of nitrogens with zero attached hydrogens (tertiary/aromatic N) is 1. The molecule has 18 heavy (non-hydrogen) atoms. The fourth-order valence-electron chi connectivity index (χ4n) is 2.19. The molecule has 6 nitrogen and oxygen atoms in total. The number of carbonyl (C=O) groups excluding carboxylic acids is 3. The van der Waals surface area contributed by atoms with Crippen LogP contribution in [-0.4, -0.2) is 48.3 Å². The first-order valence-electron chi connectivity index (χ1n) is 6.03. The van der Waals surface area contributed by atoms with E-state index in [1.54, 1.807) is 0 Å². The van der Waals surface area contributed by atoms with E-state index in [4.69, 9.17) is 0 Å². The van der Waals surface area contributed by atoms with E-state index in [-0.39, 0.29) is 42.7 Å².